The van der Waals surface area contributed by atoms with Gasteiger partial charge >= 0.3 is 0 Å². The Kier molecular flexibility index (Phi) is 5.30. The molecule has 6 heteroatoms. The van der Waals surface area contributed by atoms with Gasteiger partial charge in [-0.2, -0.15) is 0 Å². The second kappa shape index (κ2) is 7.67. The van der Waals surface area contributed by atoms with Crippen molar-refractivity contribution in [2.45, 2.75) is 12.8 Å². The predicted octanol–water partition coefficient (Wildman–Crippen LogP) is 5.61. The number of fused-ring (bicyclic) bond motifs is 1. The molecule has 2 aromatic carbocycles. The molecule has 0 bridgehead atoms. The van der Waals surface area contributed by atoms with Crippen LogP contribution in [-0.2, 0) is 12.8 Å². The molecule has 0 N–H and O–H groups in total. The first-order chi connectivity index (χ1) is 12.7. The Morgan fingerprint density at radius 2 is 2.15 bits per heavy atom. The van der Waals surface area contributed by atoms with Crippen molar-refractivity contribution in [1.29, 1.82) is 0 Å². The van der Waals surface area contributed by atoms with E-state index in [1.54, 1.807) is 18.9 Å². The fourth-order valence-electron chi connectivity index (χ4n) is 3.39. The lowest BCUT2D eigenvalue weighted by Gasteiger charge is -2.20. The van der Waals surface area contributed by atoms with Crippen molar-refractivity contribution in [2.24, 2.45) is 4.99 Å². The molecule has 26 heavy (non-hydrogen) atoms. The second-order valence-corrected chi connectivity index (χ2v) is 8.32. The molecule has 3 nitrogen and oxygen atoms in total. The van der Waals surface area contributed by atoms with E-state index in [-0.39, 0.29) is 0 Å². The number of methoxy groups -OCH3 is 1. The Bertz CT molecular complexity index is 913. The van der Waals surface area contributed by atoms with Gasteiger partial charge in [0, 0.05) is 27.0 Å². The highest BCUT2D eigenvalue weighted by Gasteiger charge is 2.28. The topological polar surface area (TPSA) is 24.8 Å². The van der Waals surface area contributed by atoms with Gasteiger partial charge in [0.2, 0.25) is 0 Å². The number of halogens is 2. The van der Waals surface area contributed by atoms with Crippen LogP contribution in [-0.4, -0.2) is 30.3 Å². The summed E-state index contributed by atoms with van der Waals surface area (Å²) in [5.74, 6) is 0.909. The van der Waals surface area contributed by atoms with Crippen molar-refractivity contribution >= 4 is 50.2 Å². The van der Waals surface area contributed by atoms with Crippen LogP contribution in [0.5, 0.6) is 5.75 Å². The van der Waals surface area contributed by atoms with Gasteiger partial charge in [0.05, 0.1) is 19.4 Å². The largest absolute Gasteiger partial charge is 0.496 e. The number of rotatable bonds is 5. The van der Waals surface area contributed by atoms with Gasteiger partial charge in [0.25, 0.3) is 0 Å². The van der Waals surface area contributed by atoms with E-state index in [1.807, 2.05) is 24.3 Å². The summed E-state index contributed by atoms with van der Waals surface area (Å²) < 4.78 is 6.57. The van der Waals surface area contributed by atoms with E-state index >= 15 is 0 Å². The zero-order chi connectivity index (χ0) is 18.1. The lowest BCUT2D eigenvalue weighted by atomic mass is 9.97. The van der Waals surface area contributed by atoms with E-state index < -0.39 is 0 Å². The van der Waals surface area contributed by atoms with E-state index in [0.717, 1.165) is 46.3 Å². The monoisotopic (exact) mass is 448 g/mol. The van der Waals surface area contributed by atoms with Crippen molar-refractivity contribution in [2.75, 3.05) is 20.2 Å². The molecule has 0 unspecified atom stereocenters. The van der Waals surface area contributed by atoms with E-state index in [2.05, 4.69) is 43.4 Å². The van der Waals surface area contributed by atoms with Gasteiger partial charge in [0.15, 0.2) is 5.17 Å². The fourth-order valence-corrected chi connectivity index (χ4v) is 5.02. The van der Waals surface area contributed by atoms with Crippen LogP contribution in [0.15, 0.2) is 51.3 Å². The summed E-state index contributed by atoms with van der Waals surface area (Å²) >= 11 is 11.8. The third-order valence-corrected chi connectivity index (χ3v) is 6.40. The quantitative estimate of drug-likeness (QED) is 0.593. The highest BCUT2D eigenvalue weighted by molar-refractivity contribution is 9.10. The van der Waals surface area contributed by atoms with Crippen molar-refractivity contribution in [3.8, 4) is 5.75 Å². The zero-order valence-electron chi connectivity index (χ0n) is 14.3. The van der Waals surface area contributed by atoms with Crippen molar-refractivity contribution in [3.63, 3.8) is 0 Å². The van der Waals surface area contributed by atoms with Crippen molar-refractivity contribution < 1.29 is 4.74 Å². The maximum atomic E-state index is 6.60. The van der Waals surface area contributed by atoms with Gasteiger partial charge < -0.3 is 9.64 Å². The standard InChI is InChI=1S/C20H18BrClN2OS/c1-25-19-8-6-14(21)11-13(19)5-7-15-16(3-2-4-17(15)22)18-12-26-20-23-9-10-24(18)20/h2-4,6,8,11-12H,5,7,9-10H2,1H3. The second-order valence-electron chi connectivity index (χ2n) is 6.16. The highest BCUT2D eigenvalue weighted by atomic mass is 79.9. The number of aliphatic imine (C=N–C) groups is 1. The molecule has 0 radical (unpaired) electrons. The van der Waals surface area contributed by atoms with E-state index in [1.165, 1.54) is 22.4 Å². The molecule has 0 saturated carbocycles. The Hall–Kier alpha value is -1.43. The maximum Gasteiger partial charge on any atom is 0.168 e. The summed E-state index contributed by atoms with van der Waals surface area (Å²) in [6, 6.07) is 12.3. The zero-order valence-corrected chi connectivity index (χ0v) is 17.5. The van der Waals surface area contributed by atoms with E-state index in [9.17, 15) is 0 Å². The minimum absolute atomic E-state index is 0.812. The number of amidine groups is 1. The van der Waals surface area contributed by atoms with Gasteiger partial charge in [-0.05, 0) is 48.2 Å². The van der Waals surface area contributed by atoms with E-state index in [4.69, 9.17) is 16.3 Å². The highest BCUT2D eigenvalue weighted by Crippen LogP contribution is 2.38. The molecule has 0 saturated heterocycles. The van der Waals surface area contributed by atoms with Crippen LogP contribution in [0.25, 0.3) is 5.70 Å². The van der Waals surface area contributed by atoms with Gasteiger partial charge in [-0.1, -0.05) is 51.4 Å². The van der Waals surface area contributed by atoms with Crippen LogP contribution in [0.1, 0.15) is 16.7 Å². The van der Waals surface area contributed by atoms with Crippen LogP contribution >= 0.6 is 39.3 Å². The summed E-state index contributed by atoms with van der Waals surface area (Å²) in [6.45, 7) is 1.81. The molecule has 2 aromatic rings. The minimum Gasteiger partial charge on any atom is -0.496 e. The maximum absolute atomic E-state index is 6.60. The lowest BCUT2D eigenvalue weighted by Crippen LogP contribution is -2.20. The summed E-state index contributed by atoms with van der Waals surface area (Å²) in [7, 11) is 1.71. The Balaban J connectivity index is 1.64. The summed E-state index contributed by atoms with van der Waals surface area (Å²) in [6.07, 6.45) is 1.71. The van der Waals surface area contributed by atoms with Crippen LogP contribution in [0.3, 0.4) is 0 Å². The normalized spacial score (nSPS) is 15.7. The minimum atomic E-state index is 0.812. The molecule has 4 rings (SSSR count). The molecule has 0 aromatic heterocycles. The first-order valence-electron chi connectivity index (χ1n) is 8.46. The fraction of sp³-hybridized carbons (Fsp3) is 0.250. The van der Waals surface area contributed by atoms with Crippen LogP contribution in [0.4, 0.5) is 0 Å². The average molecular weight is 450 g/mol. The third kappa shape index (κ3) is 3.40. The Morgan fingerprint density at radius 3 is 3.00 bits per heavy atom. The first kappa shape index (κ1) is 18.0. The van der Waals surface area contributed by atoms with Gasteiger partial charge in [-0.15, -0.1) is 0 Å². The average Bonchev–Trinajstić information content (AvgIpc) is 3.24. The summed E-state index contributed by atoms with van der Waals surface area (Å²) in [5, 5.41) is 4.10. The number of nitrogens with zero attached hydrogens (tertiary/aromatic N) is 2. The molecule has 0 spiro atoms. The van der Waals surface area contributed by atoms with Crippen molar-refractivity contribution in [3.05, 3.63) is 68.0 Å². The molecular weight excluding hydrogens is 432 g/mol. The predicted molar refractivity (Wildman–Crippen MR) is 114 cm³/mol. The molecule has 2 heterocycles. The van der Waals surface area contributed by atoms with Crippen LogP contribution in [0, 0.1) is 0 Å². The molecule has 2 aliphatic heterocycles. The molecule has 0 aliphatic carbocycles. The SMILES string of the molecule is COc1ccc(Br)cc1CCc1c(Cl)cccc1C1=CSC2=NCCN12. The summed E-state index contributed by atoms with van der Waals surface area (Å²) in [5.41, 5.74) is 4.76. The first-order valence-corrected chi connectivity index (χ1v) is 10.5. The Labute approximate surface area is 171 Å². The number of aryl methyl sites for hydroxylation is 1. The molecule has 0 amide bonds. The van der Waals surface area contributed by atoms with Crippen LogP contribution < -0.4 is 4.74 Å². The van der Waals surface area contributed by atoms with E-state index in [0.29, 0.717) is 0 Å². The van der Waals surface area contributed by atoms with Gasteiger partial charge in [-0.25, -0.2) is 0 Å². The number of hydrogen-bond acceptors (Lipinski definition) is 4. The number of benzene rings is 2. The van der Waals surface area contributed by atoms with Gasteiger partial charge in [-0.3, -0.25) is 4.99 Å². The molecule has 134 valence electrons. The van der Waals surface area contributed by atoms with Gasteiger partial charge in [0.1, 0.15) is 5.75 Å². The number of thioether (sulfide) groups is 1. The number of ether oxygens (including phenoxy) is 1. The molecule has 0 fully saturated rings. The third-order valence-electron chi connectivity index (χ3n) is 4.65. The number of hydrogen-bond donors (Lipinski definition) is 0. The van der Waals surface area contributed by atoms with Crippen molar-refractivity contribution in [1.82, 2.24) is 4.90 Å². The molecular formula is C20H18BrClN2OS. The summed E-state index contributed by atoms with van der Waals surface area (Å²) in [4.78, 5) is 6.84. The Morgan fingerprint density at radius 1 is 1.27 bits per heavy atom. The smallest absolute Gasteiger partial charge is 0.168 e. The van der Waals surface area contributed by atoms with Crippen LogP contribution in [0.2, 0.25) is 5.02 Å². The molecule has 2 aliphatic rings. The lowest BCUT2D eigenvalue weighted by molar-refractivity contribution is 0.409. The molecule has 0 atom stereocenters.